The predicted molar refractivity (Wildman–Crippen MR) is 71.8 cm³/mol. The lowest BCUT2D eigenvalue weighted by atomic mass is 9.85. The number of hydrogen-bond acceptors (Lipinski definition) is 2. The van der Waals surface area contributed by atoms with Crippen molar-refractivity contribution in [2.24, 2.45) is 5.41 Å². The average molecular weight is 226 g/mol. The number of hydrogen-bond donors (Lipinski definition) is 1. The number of unbranched alkanes of at least 4 members (excludes halogenated alkanes) is 2. The van der Waals surface area contributed by atoms with E-state index in [9.17, 15) is 0 Å². The van der Waals surface area contributed by atoms with E-state index in [0.717, 1.165) is 0 Å². The van der Waals surface area contributed by atoms with Gasteiger partial charge in [-0.3, -0.25) is 0 Å². The van der Waals surface area contributed by atoms with Gasteiger partial charge in [-0.05, 0) is 70.7 Å². The molecule has 0 amide bonds. The maximum Gasteiger partial charge on any atom is -0.00136 e. The molecule has 1 aliphatic rings. The lowest BCUT2D eigenvalue weighted by molar-refractivity contribution is 0.257. The van der Waals surface area contributed by atoms with Crippen molar-refractivity contribution in [3.05, 3.63) is 0 Å². The molecule has 16 heavy (non-hydrogen) atoms. The number of likely N-dealkylation sites (tertiary alicyclic amines) is 1. The standard InChI is InChI=1S/C14H30N2/c1-14(2)8-7-12-16(13-9-14)11-6-4-5-10-15-3/h15H,4-13H2,1-3H3. The lowest BCUT2D eigenvalue weighted by Crippen LogP contribution is -2.26. The van der Waals surface area contributed by atoms with Gasteiger partial charge in [-0.1, -0.05) is 20.3 Å². The summed E-state index contributed by atoms with van der Waals surface area (Å²) < 4.78 is 0. The van der Waals surface area contributed by atoms with Gasteiger partial charge < -0.3 is 10.2 Å². The van der Waals surface area contributed by atoms with Crippen molar-refractivity contribution in [2.75, 3.05) is 33.2 Å². The van der Waals surface area contributed by atoms with Crippen LogP contribution in [0, 0.1) is 5.41 Å². The molecule has 0 aromatic rings. The summed E-state index contributed by atoms with van der Waals surface area (Å²) in [6, 6.07) is 0. The van der Waals surface area contributed by atoms with Crippen molar-refractivity contribution >= 4 is 0 Å². The van der Waals surface area contributed by atoms with Crippen LogP contribution in [0.4, 0.5) is 0 Å². The largest absolute Gasteiger partial charge is 0.320 e. The summed E-state index contributed by atoms with van der Waals surface area (Å²) in [4.78, 5) is 2.67. The van der Waals surface area contributed by atoms with Gasteiger partial charge in [0, 0.05) is 0 Å². The first-order chi connectivity index (χ1) is 7.64. The molecule has 0 bridgehead atoms. The van der Waals surface area contributed by atoms with Crippen LogP contribution in [0.25, 0.3) is 0 Å². The van der Waals surface area contributed by atoms with E-state index in [1.54, 1.807) is 0 Å². The molecule has 0 aromatic heterocycles. The van der Waals surface area contributed by atoms with Gasteiger partial charge >= 0.3 is 0 Å². The maximum atomic E-state index is 3.21. The lowest BCUT2D eigenvalue weighted by Gasteiger charge is -2.23. The van der Waals surface area contributed by atoms with Gasteiger partial charge in [-0.2, -0.15) is 0 Å². The number of rotatable bonds is 6. The first-order valence-corrected chi connectivity index (χ1v) is 7.01. The molecule has 1 fully saturated rings. The van der Waals surface area contributed by atoms with Gasteiger partial charge in [0.2, 0.25) is 0 Å². The molecule has 0 aromatic carbocycles. The first kappa shape index (κ1) is 14.0. The van der Waals surface area contributed by atoms with E-state index in [1.807, 2.05) is 7.05 Å². The Kier molecular flexibility index (Phi) is 6.37. The molecule has 2 nitrogen and oxygen atoms in total. The Hall–Kier alpha value is -0.0800. The number of nitrogens with zero attached hydrogens (tertiary/aromatic N) is 1. The normalized spacial score (nSPS) is 21.9. The van der Waals surface area contributed by atoms with Crippen LogP contribution >= 0.6 is 0 Å². The third-order valence-corrected chi connectivity index (χ3v) is 3.83. The Labute approximate surface area is 102 Å². The van der Waals surface area contributed by atoms with E-state index in [-0.39, 0.29) is 0 Å². The highest BCUT2D eigenvalue weighted by Gasteiger charge is 2.22. The van der Waals surface area contributed by atoms with Crippen LogP contribution in [-0.2, 0) is 0 Å². The van der Waals surface area contributed by atoms with Crippen molar-refractivity contribution in [1.82, 2.24) is 10.2 Å². The SMILES string of the molecule is CNCCCCCN1CCCC(C)(C)CC1. The zero-order valence-corrected chi connectivity index (χ0v) is 11.5. The highest BCUT2D eigenvalue weighted by molar-refractivity contribution is 4.76. The molecule has 1 N–H and O–H groups in total. The molecule has 1 saturated heterocycles. The number of nitrogens with one attached hydrogen (secondary N) is 1. The second kappa shape index (κ2) is 7.29. The molecule has 0 unspecified atom stereocenters. The monoisotopic (exact) mass is 226 g/mol. The van der Waals surface area contributed by atoms with E-state index < -0.39 is 0 Å². The molecule has 2 heteroatoms. The fraction of sp³-hybridized carbons (Fsp3) is 1.00. The summed E-state index contributed by atoms with van der Waals surface area (Å²) in [6.45, 7) is 9.98. The predicted octanol–water partition coefficient (Wildman–Crippen LogP) is 2.89. The second-order valence-electron chi connectivity index (χ2n) is 6.02. The molecular formula is C14H30N2. The minimum Gasteiger partial charge on any atom is -0.320 e. The average Bonchev–Trinajstić information content (AvgIpc) is 2.40. The van der Waals surface area contributed by atoms with Gasteiger partial charge in [-0.15, -0.1) is 0 Å². The van der Waals surface area contributed by atoms with Crippen LogP contribution in [0.1, 0.15) is 52.4 Å². The summed E-state index contributed by atoms with van der Waals surface area (Å²) in [6.07, 6.45) is 8.26. The summed E-state index contributed by atoms with van der Waals surface area (Å²) in [5, 5.41) is 3.21. The molecule has 1 aliphatic heterocycles. The van der Waals surface area contributed by atoms with Gasteiger partial charge in [0.15, 0.2) is 0 Å². The Morgan fingerprint density at radius 1 is 1.06 bits per heavy atom. The van der Waals surface area contributed by atoms with Crippen LogP contribution in [0.15, 0.2) is 0 Å². The van der Waals surface area contributed by atoms with Crippen molar-refractivity contribution < 1.29 is 0 Å². The smallest absolute Gasteiger partial charge is 0.00136 e. The van der Waals surface area contributed by atoms with Crippen LogP contribution in [0.5, 0.6) is 0 Å². The molecular weight excluding hydrogens is 196 g/mol. The molecule has 1 heterocycles. The molecule has 0 aliphatic carbocycles. The van der Waals surface area contributed by atoms with Crippen molar-refractivity contribution in [3.8, 4) is 0 Å². The second-order valence-corrected chi connectivity index (χ2v) is 6.02. The first-order valence-electron chi connectivity index (χ1n) is 7.01. The van der Waals surface area contributed by atoms with E-state index in [0.29, 0.717) is 5.41 Å². The molecule has 0 atom stereocenters. The summed E-state index contributed by atoms with van der Waals surface area (Å²) in [5.41, 5.74) is 0.584. The van der Waals surface area contributed by atoms with Crippen LogP contribution in [0.2, 0.25) is 0 Å². The van der Waals surface area contributed by atoms with E-state index in [4.69, 9.17) is 0 Å². The quantitative estimate of drug-likeness (QED) is 0.701. The highest BCUT2D eigenvalue weighted by atomic mass is 15.1. The molecule has 0 saturated carbocycles. The van der Waals surface area contributed by atoms with Gasteiger partial charge in [0.05, 0.1) is 0 Å². The zero-order chi connectivity index (χ0) is 11.9. The Morgan fingerprint density at radius 3 is 2.62 bits per heavy atom. The Balaban J connectivity index is 2.08. The zero-order valence-electron chi connectivity index (χ0n) is 11.5. The highest BCUT2D eigenvalue weighted by Crippen LogP contribution is 2.29. The molecule has 96 valence electrons. The maximum absolute atomic E-state index is 3.21. The summed E-state index contributed by atoms with van der Waals surface area (Å²) in [7, 11) is 2.04. The van der Waals surface area contributed by atoms with Crippen LogP contribution in [-0.4, -0.2) is 38.1 Å². The van der Waals surface area contributed by atoms with Crippen molar-refractivity contribution in [3.63, 3.8) is 0 Å². The minimum atomic E-state index is 0.584. The van der Waals surface area contributed by atoms with Gasteiger partial charge in [0.1, 0.15) is 0 Å². The van der Waals surface area contributed by atoms with Crippen LogP contribution in [0.3, 0.4) is 0 Å². The molecule has 0 spiro atoms. The molecule has 0 radical (unpaired) electrons. The minimum absolute atomic E-state index is 0.584. The van der Waals surface area contributed by atoms with Crippen LogP contribution < -0.4 is 5.32 Å². The molecule has 1 rings (SSSR count). The van der Waals surface area contributed by atoms with Crippen molar-refractivity contribution in [1.29, 1.82) is 0 Å². The van der Waals surface area contributed by atoms with E-state index in [2.05, 4.69) is 24.1 Å². The fourth-order valence-corrected chi connectivity index (χ4v) is 2.52. The van der Waals surface area contributed by atoms with E-state index >= 15 is 0 Å². The third-order valence-electron chi connectivity index (χ3n) is 3.83. The van der Waals surface area contributed by atoms with Gasteiger partial charge in [-0.25, -0.2) is 0 Å². The topological polar surface area (TPSA) is 15.3 Å². The van der Waals surface area contributed by atoms with E-state index in [1.165, 1.54) is 64.7 Å². The van der Waals surface area contributed by atoms with Crippen molar-refractivity contribution in [2.45, 2.75) is 52.4 Å². The summed E-state index contributed by atoms with van der Waals surface area (Å²) in [5.74, 6) is 0. The third kappa shape index (κ3) is 5.86. The Bertz CT molecular complexity index is 178. The van der Waals surface area contributed by atoms with Gasteiger partial charge in [0.25, 0.3) is 0 Å². The summed E-state index contributed by atoms with van der Waals surface area (Å²) >= 11 is 0. The Morgan fingerprint density at radius 2 is 1.88 bits per heavy atom. The fourth-order valence-electron chi connectivity index (χ4n) is 2.52.